The molecule has 0 unspecified atom stereocenters. The third kappa shape index (κ3) is 3.62. The van der Waals surface area contributed by atoms with Gasteiger partial charge in [0.15, 0.2) is 0 Å². The highest BCUT2D eigenvalue weighted by Gasteiger charge is 2.31. The molecule has 0 amide bonds. The Morgan fingerprint density at radius 1 is 0.533 bits per heavy atom. The van der Waals surface area contributed by atoms with Crippen molar-refractivity contribution in [2.24, 2.45) is 0 Å². The molecule has 0 aliphatic carbocycles. The number of rotatable bonds is 5. The third-order valence-corrected chi connectivity index (χ3v) is 5.77. The first-order valence-electron chi connectivity index (χ1n) is 9.85. The largest absolute Gasteiger partial charge is 0.508 e. The average Bonchev–Trinajstić information content (AvgIpc) is 2.80. The number of phenolic OH excluding ortho intramolecular Hbond substituents is 2. The van der Waals surface area contributed by atoms with Crippen molar-refractivity contribution in [1.82, 2.24) is 0 Å². The highest BCUT2D eigenvalue weighted by Crippen LogP contribution is 2.40. The molecule has 30 heavy (non-hydrogen) atoms. The van der Waals surface area contributed by atoms with Gasteiger partial charge in [0.1, 0.15) is 17.2 Å². The first-order valence-corrected chi connectivity index (χ1v) is 9.85. The second kappa shape index (κ2) is 7.96. The molecule has 3 heteroatoms. The number of benzene rings is 4. The van der Waals surface area contributed by atoms with E-state index >= 15 is 0 Å². The van der Waals surface area contributed by atoms with E-state index in [0.717, 1.165) is 33.6 Å². The lowest BCUT2D eigenvalue weighted by atomic mass is 9.71. The van der Waals surface area contributed by atoms with Crippen LogP contribution in [0.4, 0.5) is 0 Å². The molecule has 150 valence electrons. The number of hydrogen-bond acceptors (Lipinski definition) is 3. The zero-order valence-electron chi connectivity index (χ0n) is 17.0. The summed E-state index contributed by atoms with van der Waals surface area (Å²) < 4.78 is 5.25. The summed E-state index contributed by atoms with van der Waals surface area (Å²) >= 11 is 0. The quantitative estimate of drug-likeness (QED) is 0.399. The van der Waals surface area contributed by atoms with Gasteiger partial charge in [0.25, 0.3) is 0 Å². The number of phenols is 2. The lowest BCUT2D eigenvalue weighted by molar-refractivity contribution is 0.415. The molecule has 4 aromatic carbocycles. The van der Waals surface area contributed by atoms with Crippen LogP contribution in [0.5, 0.6) is 17.2 Å². The Labute approximate surface area is 176 Å². The summed E-state index contributed by atoms with van der Waals surface area (Å²) in [7, 11) is 1.66. The van der Waals surface area contributed by atoms with Crippen molar-refractivity contribution in [3.63, 3.8) is 0 Å². The normalized spacial score (nSPS) is 11.3. The molecule has 0 heterocycles. The topological polar surface area (TPSA) is 49.7 Å². The maximum Gasteiger partial charge on any atom is 0.118 e. The SMILES string of the molecule is COc1ccc(-c2ccc(C(C)(c3ccc(O)cc3)c3ccc(O)cc3)cc2)cc1. The summed E-state index contributed by atoms with van der Waals surface area (Å²) in [6.45, 7) is 2.16. The number of hydrogen-bond donors (Lipinski definition) is 2. The van der Waals surface area contributed by atoms with Crippen molar-refractivity contribution < 1.29 is 14.9 Å². The van der Waals surface area contributed by atoms with E-state index in [1.54, 1.807) is 31.4 Å². The van der Waals surface area contributed by atoms with E-state index in [4.69, 9.17) is 4.74 Å². The van der Waals surface area contributed by atoms with E-state index in [1.165, 1.54) is 0 Å². The molecule has 4 aromatic rings. The van der Waals surface area contributed by atoms with Crippen molar-refractivity contribution in [2.45, 2.75) is 12.3 Å². The third-order valence-electron chi connectivity index (χ3n) is 5.77. The van der Waals surface area contributed by atoms with Gasteiger partial charge in [-0.3, -0.25) is 0 Å². The van der Waals surface area contributed by atoms with Crippen molar-refractivity contribution in [3.05, 3.63) is 114 Å². The lowest BCUT2D eigenvalue weighted by Gasteiger charge is -2.32. The van der Waals surface area contributed by atoms with E-state index in [2.05, 4.69) is 31.2 Å². The van der Waals surface area contributed by atoms with Crippen LogP contribution in [0.2, 0.25) is 0 Å². The van der Waals surface area contributed by atoms with Crippen LogP contribution >= 0.6 is 0 Å². The van der Waals surface area contributed by atoms with Crippen molar-refractivity contribution in [2.75, 3.05) is 7.11 Å². The van der Waals surface area contributed by atoms with Gasteiger partial charge in [0.2, 0.25) is 0 Å². The molecule has 3 nitrogen and oxygen atoms in total. The molecular formula is C27H24O3. The molecular weight excluding hydrogens is 372 g/mol. The van der Waals surface area contributed by atoms with Gasteiger partial charge >= 0.3 is 0 Å². The van der Waals surface area contributed by atoms with E-state index in [9.17, 15) is 10.2 Å². The van der Waals surface area contributed by atoms with Crippen LogP contribution in [0.1, 0.15) is 23.6 Å². The smallest absolute Gasteiger partial charge is 0.118 e. The molecule has 0 aromatic heterocycles. The van der Waals surface area contributed by atoms with Crippen molar-refractivity contribution in [3.8, 4) is 28.4 Å². The van der Waals surface area contributed by atoms with E-state index in [-0.39, 0.29) is 11.5 Å². The Morgan fingerprint density at radius 2 is 0.867 bits per heavy atom. The standard InChI is InChI=1S/C27H24O3/c1-27(22-9-13-24(28)14-10-22,23-11-15-25(29)16-12-23)21-7-3-19(4-8-21)20-5-17-26(30-2)18-6-20/h3-18,28-29H,1-2H3. The molecule has 2 N–H and O–H groups in total. The van der Waals surface area contributed by atoms with Crippen LogP contribution in [0.15, 0.2) is 97.1 Å². The number of aromatic hydroxyl groups is 2. The van der Waals surface area contributed by atoms with Gasteiger partial charge in [-0.15, -0.1) is 0 Å². The summed E-state index contributed by atoms with van der Waals surface area (Å²) in [5.74, 6) is 1.31. The molecule has 4 rings (SSSR count). The fraction of sp³-hybridized carbons (Fsp3) is 0.111. The fourth-order valence-corrected chi connectivity index (χ4v) is 3.87. The van der Waals surface area contributed by atoms with Crippen LogP contribution in [0.3, 0.4) is 0 Å². The predicted molar refractivity (Wildman–Crippen MR) is 120 cm³/mol. The zero-order valence-corrected chi connectivity index (χ0v) is 17.0. The van der Waals surface area contributed by atoms with E-state index in [1.807, 2.05) is 48.5 Å². The minimum absolute atomic E-state index is 0.238. The molecule has 0 saturated carbocycles. The average molecular weight is 396 g/mol. The second-order valence-electron chi connectivity index (χ2n) is 7.52. The lowest BCUT2D eigenvalue weighted by Crippen LogP contribution is -2.25. The Balaban J connectivity index is 1.78. The van der Waals surface area contributed by atoms with Crippen molar-refractivity contribution >= 4 is 0 Å². The minimum Gasteiger partial charge on any atom is -0.508 e. The first kappa shape index (κ1) is 19.6. The summed E-state index contributed by atoms with van der Waals surface area (Å²) in [5.41, 5.74) is 5.04. The maximum atomic E-state index is 9.76. The van der Waals surface area contributed by atoms with Gasteiger partial charge < -0.3 is 14.9 Å². The molecule has 0 fully saturated rings. The van der Waals surface area contributed by atoms with Gasteiger partial charge in [0.05, 0.1) is 7.11 Å². The molecule has 0 spiro atoms. The summed E-state index contributed by atoms with van der Waals surface area (Å²) in [5, 5.41) is 19.5. The van der Waals surface area contributed by atoms with Gasteiger partial charge in [-0.05, 0) is 71.1 Å². The van der Waals surface area contributed by atoms with Crippen LogP contribution in [0.25, 0.3) is 11.1 Å². The van der Waals surface area contributed by atoms with Crippen molar-refractivity contribution in [1.29, 1.82) is 0 Å². The summed E-state index contributed by atoms with van der Waals surface area (Å²) in [4.78, 5) is 0. The Kier molecular flexibility index (Phi) is 5.20. The molecule has 0 aliphatic heterocycles. The van der Waals surface area contributed by atoms with E-state index in [0.29, 0.717) is 0 Å². The van der Waals surface area contributed by atoms with Gasteiger partial charge in [-0.2, -0.15) is 0 Å². The van der Waals surface area contributed by atoms with Crippen LogP contribution in [-0.2, 0) is 5.41 Å². The highest BCUT2D eigenvalue weighted by atomic mass is 16.5. The molecule has 0 bridgehead atoms. The van der Waals surface area contributed by atoms with Gasteiger partial charge in [0, 0.05) is 5.41 Å². The second-order valence-corrected chi connectivity index (χ2v) is 7.52. The zero-order chi connectivity index (χ0) is 21.1. The molecule has 0 saturated heterocycles. The molecule has 0 radical (unpaired) electrons. The Morgan fingerprint density at radius 3 is 1.23 bits per heavy atom. The van der Waals surface area contributed by atoms with Gasteiger partial charge in [-0.1, -0.05) is 60.7 Å². The first-order chi connectivity index (χ1) is 14.5. The van der Waals surface area contributed by atoms with Crippen LogP contribution in [-0.4, -0.2) is 17.3 Å². The molecule has 0 aliphatic rings. The van der Waals surface area contributed by atoms with E-state index < -0.39 is 5.41 Å². The Hall–Kier alpha value is -3.72. The van der Waals surface area contributed by atoms with Crippen LogP contribution in [0, 0.1) is 0 Å². The van der Waals surface area contributed by atoms with Crippen LogP contribution < -0.4 is 4.74 Å². The maximum absolute atomic E-state index is 9.76. The highest BCUT2D eigenvalue weighted by molar-refractivity contribution is 5.65. The molecule has 0 atom stereocenters. The van der Waals surface area contributed by atoms with Gasteiger partial charge in [-0.25, -0.2) is 0 Å². The minimum atomic E-state index is -0.445. The summed E-state index contributed by atoms with van der Waals surface area (Å²) in [6, 6.07) is 31.1. The number of methoxy groups -OCH3 is 1. The Bertz CT molecular complexity index is 1070. The fourth-order valence-electron chi connectivity index (χ4n) is 3.87. The predicted octanol–water partition coefficient (Wildman–Crippen LogP) is 6.13. The monoisotopic (exact) mass is 396 g/mol. The summed E-state index contributed by atoms with van der Waals surface area (Å²) in [6.07, 6.45) is 0. The number of ether oxygens (including phenoxy) is 1.